The third kappa shape index (κ3) is 1.86. The Balaban J connectivity index is 1.96. The quantitative estimate of drug-likeness (QED) is 0.697. The SMILES string of the molecule is O=C(c1ccccc1)c1ccc2c3c(cccc13)NCN2. The molecule has 21 heavy (non-hydrogen) atoms. The fraction of sp³-hybridized carbons (Fsp3) is 0.0556. The van der Waals surface area contributed by atoms with Gasteiger partial charge >= 0.3 is 0 Å². The molecule has 0 amide bonds. The van der Waals surface area contributed by atoms with Crippen LogP contribution in [-0.2, 0) is 0 Å². The molecule has 0 spiro atoms. The maximum Gasteiger partial charge on any atom is 0.193 e. The molecule has 0 saturated heterocycles. The van der Waals surface area contributed by atoms with E-state index in [1.807, 2.05) is 60.7 Å². The van der Waals surface area contributed by atoms with Crippen LogP contribution in [0.5, 0.6) is 0 Å². The van der Waals surface area contributed by atoms with Crippen LogP contribution in [0.4, 0.5) is 11.4 Å². The molecule has 102 valence electrons. The van der Waals surface area contributed by atoms with E-state index in [-0.39, 0.29) is 5.78 Å². The standard InChI is InChI=1S/C18H14N2O/c21-18(12-5-2-1-3-6-12)14-9-10-16-17-13(14)7-4-8-15(17)19-11-20-16/h1-10,19-20H,11H2. The van der Waals surface area contributed by atoms with Gasteiger partial charge in [0.2, 0.25) is 0 Å². The van der Waals surface area contributed by atoms with Crippen LogP contribution in [0.25, 0.3) is 10.8 Å². The van der Waals surface area contributed by atoms with Gasteiger partial charge in [0.15, 0.2) is 5.78 Å². The van der Waals surface area contributed by atoms with Crippen LogP contribution >= 0.6 is 0 Å². The van der Waals surface area contributed by atoms with Crippen molar-refractivity contribution in [3.05, 3.63) is 71.8 Å². The highest BCUT2D eigenvalue weighted by atomic mass is 16.1. The van der Waals surface area contributed by atoms with Gasteiger partial charge in [0.25, 0.3) is 0 Å². The molecule has 0 aromatic heterocycles. The van der Waals surface area contributed by atoms with E-state index in [4.69, 9.17) is 0 Å². The Labute approximate surface area is 122 Å². The normalized spacial score (nSPS) is 12.6. The van der Waals surface area contributed by atoms with E-state index in [1.54, 1.807) is 0 Å². The van der Waals surface area contributed by atoms with Crippen molar-refractivity contribution in [1.29, 1.82) is 0 Å². The Morgan fingerprint density at radius 1 is 0.810 bits per heavy atom. The zero-order chi connectivity index (χ0) is 14.2. The number of ketones is 1. The average molecular weight is 274 g/mol. The van der Waals surface area contributed by atoms with E-state index >= 15 is 0 Å². The van der Waals surface area contributed by atoms with Crippen LogP contribution in [0.15, 0.2) is 60.7 Å². The van der Waals surface area contributed by atoms with Crippen molar-refractivity contribution < 1.29 is 4.79 Å². The second kappa shape index (κ2) is 4.63. The molecule has 0 radical (unpaired) electrons. The van der Waals surface area contributed by atoms with Crippen LogP contribution in [0.2, 0.25) is 0 Å². The van der Waals surface area contributed by atoms with Gasteiger partial charge in [0, 0.05) is 27.9 Å². The highest BCUT2D eigenvalue weighted by molar-refractivity contribution is 6.20. The first kappa shape index (κ1) is 12.0. The molecule has 0 bridgehead atoms. The Hall–Kier alpha value is -2.81. The van der Waals surface area contributed by atoms with Crippen molar-refractivity contribution in [1.82, 2.24) is 0 Å². The van der Waals surface area contributed by atoms with Crippen LogP contribution in [0, 0.1) is 0 Å². The third-order valence-corrected chi connectivity index (χ3v) is 3.88. The average Bonchev–Trinajstić information content (AvgIpc) is 2.56. The van der Waals surface area contributed by atoms with Gasteiger partial charge in [-0.3, -0.25) is 4.79 Å². The minimum atomic E-state index is 0.0601. The zero-order valence-corrected chi connectivity index (χ0v) is 11.4. The summed E-state index contributed by atoms with van der Waals surface area (Å²) >= 11 is 0. The number of hydrogen-bond acceptors (Lipinski definition) is 3. The number of anilines is 2. The van der Waals surface area contributed by atoms with E-state index in [0.29, 0.717) is 6.67 Å². The lowest BCUT2D eigenvalue weighted by Crippen LogP contribution is -2.17. The summed E-state index contributed by atoms with van der Waals surface area (Å²) in [5, 5.41) is 8.69. The Morgan fingerprint density at radius 2 is 1.57 bits per heavy atom. The van der Waals surface area contributed by atoms with Gasteiger partial charge in [-0.1, -0.05) is 42.5 Å². The second-order valence-electron chi connectivity index (χ2n) is 5.11. The molecule has 0 saturated carbocycles. The second-order valence-corrected chi connectivity index (χ2v) is 5.11. The van der Waals surface area contributed by atoms with Gasteiger partial charge in [0.05, 0.1) is 6.67 Å². The monoisotopic (exact) mass is 274 g/mol. The van der Waals surface area contributed by atoms with Gasteiger partial charge in [-0.05, 0) is 23.6 Å². The molecule has 3 aromatic rings. The minimum absolute atomic E-state index is 0.0601. The van der Waals surface area contributed by atoms with Crippen LogP contribution in [0.1, 0.15) is 15.9 Å². The van der Waals surface area contributed by atoms with Gasteiger partial charge in [0.1, 0.15) is 0 Å². The number of rotatable bonds is 2. The van der Waals surface area contributed by atoms with E-state index in [9.17, 15) is 4.79 Å². The van der Waals surface area contributed by atoms with Gasteiger partial charge < -0.3 is 10.6 Å². The van der Waals surface area contributed by atoms with Crippen molar-refractivity contribution in [3.63, 3.8) is 0 Å². The summed E-state index contributed by atoms with van der Waals surface area (Å²) in [4.78, 5) is 12.7. The molecular weight excluding hydrogens is 260 g/mol. The fourth-order valence-corrected chi connectivity index (χ4v) is 2.88. The first-order valence-corrected chi connectivity index (χ1v) is 6.98. The Kier molecular flexibility index (Phi) is 2.64. The van der Waals surface area contributed by atoms with Crippen molar-refractivity contribution in [2.45, 2.75) is 0 Å². The lowest BCUT2D eigenvalue weighted by atomic mass is 9.95. The van der Waals surface area contributed by atoms with E-state index in [1.165, 1.54) is 0 Å². The smallest absolute Gasteiger partial charge is 0.193 e. The molecule has 0 atom stereocenters. The minimum Gasteiger partial charge on any atom is -0.367 e. The summed E-state index contributed by atoms with van der Waals surface area (Å²) in [6.45, 7) is 0.706. The largest absolute Gasteiger partial charge is 0.367 e. The number of carbonyl (C=O) groups is 1. The predicted octanol–water partition coefficient (Wildman–Crippen LogP) is 3.87. The summed E-state index contributed by atoms with van der Waals surface area (Å²) in [5.74, 6) is 0.0601. The highest BCUT2D eigenvalue weighted by Crippen LogP contribution is 2.35. The molecule has 0 fully saturated rings. The third-order valence-electron chi connectivity index (χ3n) is 3.88. The van der Waals surface area contributed by atoms with Crippen LogP contribution in [-0.4, -0.2) is 12.5 Å². The molecular formula is C18H14N2O. The van der Waals surface area contributed by atoms with Crippen molar-refractivity contribution in [3.8, 4) is 0 Å². The lowest BCUT2D eigenvalue weighted by molar-refractivity contribution is 0.104. The molecule has 1 aliphatic heterocycles. The van der Waals surface area contributed by atoms with Gasteiger partial charge in [-0.2, -0.15) is 0 Å². The molecule has 1 heterocycles. The first-order valence-electron chi connectivity index (χ1n) is 6.98. The van der Waals surface area contributed by atoms with E-state index in [0.717, 1.165) is 33.3 Å². The number of carbonyl (C=O) groups excluding carboxylic acids is 1. The predicted molar refractivity (Wildman–Crippen MR) is 85.9 cm³/mol. The van der Waals surface area contributed by atoms with Gasteiger partial charge in [-0.25, -0.2) is 0 Å². The molecule has 0 aliphatic carbocycles. The Bertz CT molecular complexity index is 830. The highest BCUT2D eigenvalue weighted by Gasteiger charge is 2.17. The molecule has 1 aliphatic rings. The van der Waals surface area contributed by atoms with Gasteiger partial charge in [-0.15, -0.1) is 0 Å². The van der Waals surface area contributed by atoms with E-state index in [2.05, 4.69) is 10.6 Å². The van der Waals surface area contributed by atoms with Crippen molar-refractivity contribution in [2.24, 2.45) is 0 Å². The molecule has 4 rings (SSSR count). The molecule has 3 nitrogen and oxygen atoms in total. The van der Waals surface area contributed by atoms with Crippen LogP contribution < -0.4 is 10.6 Å². The number of nitrogens with one attached hydrogen (secondary N) is 2. The summed E-state index contributed by atoms with van der Waals surface area (Å²) in [6.07, 6.45) is 0. The topological polar surface area (TPSA) is 41.1 Å². The zero-order valence-electron chi connectivity index (χ0n) is 11.4. The van der Waals surface area contributed by atoms with Crippen LogP contribution in [0.3, 0.4) is 0 Å². The fourth-order valence-electron chi connectivity index (χ4n) is 2.88. The summed E-state index contributed by atoms with van der Waals surface area (Å²) < 4.78 is 0. The maximum atomic E-state index is 12.7. The summed E-state index contributed by atoms with van der Waals surface area (Å²) in [7, 11) is 0. The van der Waals surface area contributed by atoms with E-state index < -0.39 is 0 Å². The maximum absolute atomic E-state index is 12.7. The van der Waals surface area contributed by atoms with Crippen molar-refractivity contribution >= 4 is 27.9 Å². The molecule has 2 N–H and O–H groups in total. The lowest BCUT2D eigenvalue weighted by Gasteiger charge is -2.22. The Morgan fingerprint density at radius 3 is 2.38 bits per heavy atom. The first-order chi connectivity index (χ1) is 10.3. The molecule has 3 heteroatoms. The molecule has 0 unspecified atom stereocenters. The molecule has 3 aromatic carbocycles. The summed E-state index contributed by atoms with van der Waals surface area (Å²) in [6, 6.07) is 19.4. The summed E-state index contributed by atoms with van der Waals surface area (Å²) in [5.41, 5.74) is 3.61. The van der Waals surface area contributed by atoms with Crippen molar-refractivity contribution in [2.75, 3.05) is 17.3 Å². The number of benzene rings is 3. The number of hydrogen-bond donors (Lipinski definition) is 2.